The van der Waals surface area contributed by atoms with E-state index in [1.165, 1.54) is 5.69 Å². The molecule has 0 saturated carbocycles. The predicted molar refractivity (Wildman–Crippen MR) is 91.7 cm³/mol. The van der Waals surface area contributed by atoms with Gasteiger partial charge in [-0.2, -0.15) is 5.26 Å². The van der Waals surface area contributed by atoms with Crippen LogP contribution in [0.5, 0.6) is 0 Å². The third kappa shape index (κ3) is 4.51. The lowest BCUT2D eigenvalue weighted by Crippen LogP contribution is -2.20. The van der Waals surface area contributed by atoms with Gasteiger partial charge in [0.2, 0.25) is 0 Å². The van der Waals surface area contributed by atoms with Gasteiger partial charge in [-0.1, -0.05) is 34.1 Å². The molecule has 0 unspecified atom stereocenters. The average molecular weight is 344 g/mol. The molecule has 2 rings (SSSR count). The molecule has 0 aromatic heterocycles. The fourth-order valence-corrected chi connectivity index (χ4v) is 2.48. The van der Waals surface area contributed by atoms with E-state index >= 15 is 0 Å². The summed E-state index contributed by atoms with van der Waals surface area (Å²) in [5, 5.41) is 12.4. The zero-order chi connectivity index (χ0) is 15.1. The van der Waals surface area contributed by atoms with E-state index in [2.05, 4.69) is 51.4 Å². The number of halogens is 1. The van der Waals surface area contributed by atoms with E-state index in [0.29, 0.717) is 5.56 Å². The molecule has 0 radical (unpaired) electrons. The zero-order valence-electron chi connectivity index (χ0n) is 12.0. The number of rotatable bonds is 6. The number of nitrogens with one attached hydrogen (secondary N) is 1. The lowest BCUT2D eigenvalue weighted by molar-refractivity contribution is 0.816. The van der Waals surface area contributed by atoms with Gasteiger partial charge in [-0.3, -0.25) is 0 Å². The van der Waals surface area contributed by atoms with Crippen molar-refractivity contribution < 1.29 is 0 Å². The summed E-state index contributed by atoms with van der Waals surface area (Å²) in [7, 11) is 2.09. The molecule has 2 aromatic carbocycles. The summed E-state index contributed by atoms with van der Waals surface area (Å²) in [6.07, 6.45) is 1.01. The molecule has 0 aliphatic carbocycles. The van der Waals surface area contributed by atoms with Gasteiger partial charge in [-0.25, -0.2) is 0 Å². The van der Waals surface area contributed by atoms with Gasteiger partial charge in [0.15, 0.2) is 0 Å². The fraction of sp³-hybridized carbons (Fsp3) is 0.235. The van der Waals surface area contributed by atoms with Crippen LogP contribution >= 0.6 is 15.9 Å². The predicted octanol–water partition coefficient (Wildman–Crippen LogP) is 4.26. The summed E-state index contributed by atoms with van der Waals surface area (Å²) in [6.45, 7) is 1.81. The Balaban J connectivity index is 1.82. The Bertz CT molecular complexity index is 620. The van der Waals surface area contributed by atoms with Crippen molar-refractivity contribution in [1.29, 1.82) is 5.26 Å². The van der Waals surface area contributed by atoms with Crippen LogP contribution in [0.2, 0.25) is 0 Å². The first-order valence-corrected chi connectivity index (χ1v) is 7.69. The van der Waals surface area contributed by atoms with E-state index in [1.54, 1.807) is 0 Å². The summed E-state index contributed by atoms with van der Waals surface area (Å²) >= 11 is 3.38. The minimum Gasteiger partial charge on any atom is -0.384 e. The van der Waals surface area contributed by atoms with E-state index in [0.717, 1.165) is 29.7 Å². The maximum atomic E-state index is 9.12. The number of benzene rings is 2. The van der Waals surface area contributed by atoms with Crippen LogP contribution in [0.3, 0.4) is 0 Å². The van der Waals surface area contributed by atoms with E-state index in [9.17, 15) is 0 Å². The summed E-state index contributed by atoms with van der Waals surface area (Å²) in [5.41, 5.74) is 2.78. The Morgan fingerprint density at radius 2 is 1.95 bits per heavy atom. The van der Waals surface area contributed by atoms with Crippen molar-refractivity contribution in [3.8, 4) is 6.07 Å². The van der Waals surface area contributed by atoms with Gasteiger partial charge in [0, 0.05) is 30.3 Å². The molecule has 0 bridgehead atoms. The number of anilines is 2. The first-order valence-electron chi connectivity index (χ1n) is 6.90. The highest BCUT2D eigenvalue weighted by Gasteiger charge is 2.03. The molecule has 1 N–H and O–H groups in total. The highest BCUT2D eigenvalue weighted by atomic mass is 79.9. The van der Waals surface area contributed by atoms with Crippen molar-refractivity contribution in [1.82, 2.24) is 0 Å². The van der Waals surface area contributed by atoms with Crippen molar-refractivity contribution in [2.75, 3.05) is 30.4 Å². The first-order chi connectivity index (χ1) is 10.2. The Kier molecular flexibility index (Phi) is 5.65. The molecular formula is C17H18BrN3. The smallest absolute Gasteiger partial charge is 0.101 e. The summed E-state index contributed by atoms with van der Waals surface area (Å²) < 4.78 is 0.924. The molecule has 0 saturated heterocycles. The number of hydrogen-bond donors (Lipinski definition) is 1. The molecule has 2 aromatic rings. The Labute approximate surface area is 134 Å². The Hall–Kier alpha value is -1.99. The second kappa shape index (κ2) is 7.70. The maximum absolute atomic E-state index is 9.12. The van der Waals surface area contributed by atoms with Crippen LogP contribution in [-0.2, 0) is 0 Å². The van der Waals surface area contributed by atoms with Gasteiger partial charge in [0.05, 0.1) is 11.3 Å². The fourth-order valence-electron chi connectivity index (χ4n) is 2.11. The minimum absolute atomic E-state index is 0.667. The molecular weight excluding hydrogens is 326 g/mol. The van der Waals surface area contributed by atoms with Crippen LogP contribution in [0.4, 0.5) is 11.4 Å². The van der Waals surface area contributed by atoms with Crippen LogP contribution in [0.1, 0.15) is 12.0 Å². The quantitative estimate of drug-likeness (QED) is 0.796. The molecule has 0 aliphatic heterocycles. The van der Waals surface area contributed by atoms with Crippen molar-refractivity contribution in [3.63, 3.8) is 0 Å². The molecule has 0 aliphatic rings. The normalized spacial score (nSPS) is 9.95. The van der Waals surface area contributed by atoms with Gasteiger partial charge in [-0.05, 0) is 36.8 Å². The summed E-state index contributed by atoms with van der Waals surface area (Å²) in [6, 6.07) is 18.2. The van der Waals surface area contributed by atoms with Crippen molar-refractivity contribution in [2.45, 2.75) is 6.42 Å². The minimum atomic E-state index is 0.667. The van der Waals surface area contributed by atoms with Gasteiger partial charge >= 0.3 is 0 Å². The lowest BCUT2D eigenvalue weighted by Gasteiger charge is -2.19. The number of nitriles is 1. The van der Waals surface area contributed by atoms with E-state index < -0.39 is 0 Å². The number of para-hydroxylation sites is 1. The van der Waals surface area contributed by atoms with Crippen LogP contribution < -0.4 is 10.2 Å². The SMILES string of the molecule is CN(CCCNc1ccc(Br)cc1C#N)c1ccccc1. The number of hydrogen-bond acceptors (Lipinski definition) is 3. The van der Waals surface area contributed by atoms with E-state index in [-0.39, 0.29) is 0 Å². The molecule has 108 valence electrons. The van der Waals surface area contributed by atoms with Crippen molar-refractivity contribution >= 4 is 27.3 Å². The van der Waals surface area contributed by atoms with Gasteiger partial charge in [0.1, 0.15) is 6.07 Å². The largest absolute Gasteiger partial charge is 0.384 e. The highest BCUT2D eigenvalue weighted by Crippen LogP contribution is 2.20. The Morgan fingerprint density at radius 3 is 2.67 bits per heavy atom. The van der Waals surface area contributed by atoms with Crippen LogP contribution in [0, 0.1) is 11.3 Å². The third-order valence-electron chi connectivity index (χ3n) is 3.28. The zero-order valence-corrected chi connectivity index (χ0v) is 13.6. The maximum Gasteiger partial charge on any atom is 0.101 e. The average Bonchev–Trinajstić information content (AvgIpc) is 2.53. The number of nitrogens with zero attached hydrogens (tertiary/aromatic N) is 2. The second-order valence-corrected chi connectivity index (χ2v) is 5.75. The molecule has 21 heavy (non-hydrogen) atoms. The highest BCUT2D eigenvalue weighted by molar-refractivity contribution is 9.10. The topological polar surface area (TPSA) is 39.1 Å². The molecule has 4 heteroatoms. The Morgan fingerprint density at radius 1 is 1.19 bits per heavy atom. The molecule has 0 heterocycles. The van der Waals surface area contributed by atoms with E-state index in [1.807, 2.05) is 36.4 Å². The van der Waals surface area contributed by atoms with Crippen LogP contribution in [-0.4, -0.2) is 20.1 Å². The molecule has 0 spiro atoms. The van der Waals surface area contributed by atoms with Crippen molar-refractivity contribution in [2.24, 2.45) is 0 Å². The molecule has 0 atom stereocenters. The van der Waals surface area contributed by atoms with Crippen LogP contribution in [0.25, 0.3) is 0 Å². The van der Waals surface area contributed by atoms with Gasteiger partial charge in [0.25, 0.3) is 0 Å². The monoisotopic (exact) mass is 343 g/mol. The summed E-state index contributed by atoms with van der Waals surface area (Å²) in [5.74, 6) is 0. The van der Waals surface area contributed by atoms with Crippen molar-refractivity contribution in [3.05, 3.63) is 58.6 Å². The molecule has 0 fully saturated rings. The first kappa shape index (κ1) is 15.4. The van der Waals surface area contributed by atoms with E-state index in [4.69, 9.17) is 5.26 Å². The second-order valence-electron chi connectivity index (χ2n) is 4.84. The van der Waals surface area contributed by atoms with Gasteiger partial charge in [-0.15, -0.1) is 0 Å². The lowest BCUT2D eigenvalue weighted by atomic mass is 10.2. The third-order valence-corrected chi connectivity index (χ3v) is 3.78. The molecule has 0 amide bonds. The van der Waals surface area contributed by atoms with Crippen LogP contribution in [0.15, 0.2) is 53.0 Å². The summed E-state index contributed by atoms with van der Waals surface area (Å²) in [4.78, 5) is 2.23. The van der Waals surface area contributed by atoms with Gasteiger partial charge < -0.3 is 10.2 Å². The standard InChI is InChI=1S/C17H18BrN3/c1-21(16-6-3-2-4-7-16)11-5-10-20-17-9-8-15(18)12-14(17)13-19/h2-4,6-9,12,20H,5,10-11H2,1H3. The molecule has 3 nitrogen and oxygen atoms in total.